The van der Waals surface area contributed by atoms with Gasteiger partial charge >= 0.3 is 14.5 Å². The van der Waals surface area contributed by atoms with Gasteiger partial charge < -0.3 is 14.0 Å². The van der Waals surface area contributed by atoms with Crippen LogP contribution in [-0.4, -0.2) is 31.8 Å². The number of aliphatic carboxylic acids is 1. The molecule has 0 aromatic carbocycles. The van der Waals surface area contributed by atoms with E-state index in [1.807, 2.05) is 0 Å². The minimum Gasteiger partial charge on any atom is -0.479 e. The first-order chi connectivity index (χ1) is 7.03. The van der Waals surface area contributed by atoms with Crippen molar-refractivity contribution in [3.05, 3.63) is 0 Å². The summed E-state index contributed by atoms with van der Waals surface area (Å²) < 4.78 is 11.8. The first kappa shape index (κ1) is 11.1. The fourth-order valence-electron chi connectivity index (χ4n) is 2.47. The van der Waals surface area contributed by atoms with E-state index in [0.29, 0.717) is 12.0 Å². The largest absolute Gasteiger partial charge is 0.479 e. The summed E-state index contributed by atoms with van der Waals surface area (Å²) in [6.45, 7) is 4.16. The molecule has 2 fully saturated rings. The molecule has 0 amide bonds. The van der Waals surface area contributed by atoms with E-state index in [9.17, 15) is 4.79 Å². The number of hydrogen-bond donors (Lipinski definition) is 1. The molecule has 2 heterocycles. The number of rotatable bonds is 2. The van der Waals surface area contributed by atoms with E-state index in [1.54, 1.807) is 0 Å². The van der Waals surface area contributed by atoms with Gasteiger partial charge in [-0.2, -0.15) is 0 Å². The number of hydrogen-bond acceptors (Lipinski definition) is 3. The van der Waals surface area contributed by atoms with E-state index in [1.165, 1.54) is 0 Å². The van der Waals surface area contributed by atoms with Gasteiger partial charge in [-0.1, -0.05) is 13.8 Å². The molecule has 2 aliphatic rings. The lowest BCUT2D eigenvalue weighted by Crippen LogP contribution is -2.58. The summed E-state index contributed by atoms with van der Waals surface area (Å²) in [6, 6.07) is 0.949. The summed E-state index contributed by atoms with van der Waals surface area (Å²) in [5.41, 5.74) is 0.336. The third kappa shape index (κ3) is 1.96. The fourth-order valence-corrected chi connectivity index (χ4v) is 6.04. The Morgan fingerprint density at radius 3 is 2.80 bits per heavy atom. The normalized spacial score (nSPS) is 40.5. The topological polar surface area (TPSA) is 55.8 Å². The Bertz CT molecular complexity index is 268. The molecule has 0 spiro atoms. The summed E-state index contributed by atoms with van der Waals surface area (Å²) in [5, 5.41) is 9.03. The predicted molar refractivity (Wildman–Crippen MR) is 56.9 cm³/mol. The molecule has 0 aliphatic carbocycles. The van der Waals surface area contributed by atoms with Crippen molar-refractivity contribution in [1.29, 1.82) is 0 Å². The Balaban J connectivity index is 2.18. The summed E-state index contributed by atoms with van der Waals surface area (Å²) in [7, 11) is -2.22. The van der Waals surface area contributed by atoms with Gasteiger partial charge in [0.25, 0.3) is 0 Å². The highest BCUT2D eigenvalue weighted by atomic mass is 28.4. The first-order valence-electron chi connectivity index (χ1n) is 5.62. The van der Waals surface area contributed by atoms with Crippen LogP contribution in [0.5, 0.6) is 0 Å². The molecule has 0 saturated carbocycles. The maximum atomic E-state index is 11.0. The van der Waals surface area contributed by atoms with Crippen LogP contribution < -0.4 is 0 Å². The minimum absolute atomic E-state index is 0.127. The maximum Gasteiger partial charge on any atom is 0.341 e. The van der Waals surface area contributed by atoms with Crippen molar-refractivity contribution >= 4 is 14.5 Å². The Labute approximate surface area is 90.8 Å². The predicted octanol–water partition coefficient (Wildman–Crippen LogP) is 1.89. The third-order valence-corrected chi connectivity index (χ3v) is 7.62. The van der Waals surface area contributed by atoms with E-state index >= 15 is 0 Å². The Hall–Kier alpha value is -0.393. The Morgan fingerprint density at radius 1 is 1.47 bits per heavy atom. The molecule has 1 N–H and O–H groups in total. The van der Waals surface area contributed by atoms with Gasteiger partial charge in [0, 0.05) is 6.42 Å². The molecule has 86 valence electrons. The van der Waals surface area contributed by atoms with Gasteiger partial charge in [0.2, 0.25) is 0 Å². The third-order valence-electron chi connectivity index (χ3n) is 3.39. The molecule has 15 heavy (non-hydrogen) atoms. The van der Waals surface area contributed by atoms with E-state index in [4.69, 9.17) is 14.0 Å². The Morgan fingerprint density at radius 2 is 2.20 bits per heavy atom. The molecule has 2 saturated heterocycles. The van der Waals surface area contributed by atoms with Gasteiger partial charge in [-0.3, -0.25) is 0 Å². The lowest BCUT2D eigenvalue weighted by Gasteiger charge is -2.47. The van der Waals surface area contributed by atoms with Crippen LogP contribution in [0.2, 0.25) is 11.6 Å². The zero-order valence-corrected chi connectivity index (χ0v) is 10.2. The van der Waals surface area contributed by atoms with Crippen molar-refractivity contribution in [2.24, 2.45) is 0 Å². The fraction of sp³-hybridized carbons (Fsp3) is 0.900. The van der Waals surface area contributed by atoms with Gasteiger partial charge in [-0.15, -0.1) is 0 Å². The van der Waals surface area contributed by atoms with Crippen LogP contribution in [0.4, 0.5) is 0 Å². The van der Waals surface area contributed by atoms with Crippen molar-refractivity contribution in [1.82, 2.24) is 0 Å². The molecular formula is C10H18O4Si. The van der Waals surface area contributed by atoms with Gasteiger partial charge in [0.05, 0.1) is 6.10 Å². The van der Waals surface area contributed by atoms with Gasteiger partial charge in [0.1, 0.15) is 6.10 Å². The van der Waals surface area contributed by atoms with Crippen LogP contribution >= 0.6 is 0 Å². The smallest absolute Gasteiger partial charge is 0.341 e. The van der Waals surface area contributed by atoms with Gasteiger partial charge in [-0.05, 0) is 24.4 Å². The lowest BCUT2D eigenvalue weighted by molar-refractivity contribution is -0.152. The van der Waals surface area contributed by atoms with Crippen molar-refractivity contribution in [3.8, 4) is 0 Å². The zero-order valence-electron chi connectivity index (χ0n) is 9.23. The molecule has 3 unspecified atom stereocenters. The average Bonchev–Trinajstić information content (AvgIpc) is 2.16. The first-order valence-corrected chi connectivity index (χ1v) is 7.72. The van der Waals surface area contributed by atoms with Crippen molar-refractivity contribution in [2.75, 3.05) is 0 Å². The van der Waals surface area contributed by atoms with Crippen molar-refractivity contribution in [2.45, 2.75) is 56.9 Å². The van der Waals surface area contributed by atoms with E-state index in [0.717, 1.165) is 18.9 Å². The maximum absolute atomic E-state index is 11.0. The monoisotopic (exact) mass is 230 g/mol. The highest BCUT2D eigenvalue weighted by Crippen LogP contribution is 2.41. The van der Waals surface area contributed by atoms with Crippen molar-refractivity contribution in [3.63, 3.8) is 0 Å². The van der Waals surface area contributed by atoms with Gasteiger partial charge in [0.15, 0.2) is 0 Å². The summed E-state index contributed by atoms with van der Waals surface area (Å²) in [6.07, 6.45) is 2.15. The van der Waals surface area contributed by atoms with E-state index in [-0.39, 0.29) is 6.10 Å². The highest BCUT2D eigenvalue weighted by Gasteiger charge is 2.52. The molecular weight excluding hydrogens is 212 g/mol. The second-order valence-corrected chi connectivity index (χ2v) is 8.53. The molecule has 3 atom stereocenters. The summed E-state index contributed by atoms with van der Waals surface area (Å²) in [5.74, 6) is -0.831. The summed E-state index contributed by atoms with van der Waals surface area (Å²) >= 11 is 0. The van der Waals surface area contributed by atoms with Crippen molar-refractivity contribution < 1.29 is 18.8 Å². The standard InChI is InChI=1S/C10H18O4Si/c1-7(2)15-5-3-4-8(13-15)6-9(14-15)10(11)12/h7-9H,3-6H2,1-2H3,(H,11,12). The minimum atomic E-state index is -2.22. The second-order valence-electron chi connectivity index (χ2n) is 4.78. The van der Waals surface area contributed by atoms with E-state index < -0.39 is 20.6 Å². The molecule has 0 aromatic rings. The number of carbonyl (C=O) groups is 1. The molecule has 0 radical (unpaired) electrons. The molecule has 2 aliphatic heterocycles. The van der Waals surface area contributed by atoms with Crippen LogP contribution in [-0.2, 0) is 13.6 Å². The lowest BCUT2D eigenvalue weighted by atomic mass is 10.1. The second kappa shape index (κ2) is 3.88. The van der Waals surface area contributed by atoms with Crippen LogP contribution in [0.1, 0.15) is 33.1 Å². The molecule has 4 nitrogen and oxygen atoms in total. The van der Waals surface area contributed by atoms with Crippen LogP contribution in [0.25, 0.3) is 0 Å². The Kier molecular flexibility index (Phi) is 2.87. The van der Waals surface area contributed by atoms with Gasteiger partial charge in [-0.25, -0.2) is 4.79 Å². The van der Waals surface area contributed by atoms with Crippen LogP contribution in [0, 0.1) is 0 Å². The van der Waals surface area contributed by atoms with E-state index in [2.05, 4.69) is 13.8 Å². The molecule has 2 rings (SSSR count). The van der Waals surface area contributed by atoms with Crippen LogP contribution in [0.3, 0.4) is 0 Å². The zero-order chi connectivity index (χ0) is 11.1. The number of fused-ring (bicyclic) bond motifs is 2. The van der Waals surface area contributed by atoms with Crippen LogP contribution in [0.15, 0.2) is 0 Å². The highest BCUT2D eigenvalue weighted by molar-refractivity contribution is 6.69. The number of carboxylic acids is 1. The molecule has 5 heteroatoms. The molecule has 0 aromatic heterocycles. The summed E-state index contributed by atoms with van der Waals surface area (Å²) in [4.78, 5) is 11.0. The average molecular weight is 230 g/mol. The quantitative estimate of drug-likeness (QED) is 0.736. The number of carboxylic acid groups (broad SMARTS) is 1. The SMILES string of the molecule is CC(C)[Si]12CCCC(CC(C(=O)O)O1)O2. The molecule has 2 bridgehead atoms.